The van der Waals surface area contributed by atoms with Crippen molar-refractivity contribution in [2.75, 3.05) is 23.7 Å². The second-order valence-electron chi connectivity index (χ2n) is 6.88. The number of sulfonamides is 1. The number of nitrogens with one attached hydrogen (secondary N) is 1. The van der Waals surface area contributed by atoms with E-state index < -0.39 is 10.0 Å². The fourth-order valence-corrected chi connectivity index (χ4v) is 4.65. The highest BCUT2D eigenvalue weighted by molar-refractivity contribution is 7.92. The second kappa shape index (κ2) is 7.60. The van der Waals surface area contributed by atoms with Crippen molar-refractivity contribution in [1.29, 1.82) is 0 Å². The lowest BCUT2D eigenvalue weighted by Crippen LogP contribution is -2.34. The molecule has 0 spiro atoms. The first-order valence-electron chi connectivity index (χ1n) is 8.85. The van der Waals surface area contributed by atoms with Crippen LogP contribution in [0.1, 0.15) is 28.4 Å². The van der Waals surface area contributed by atoms with Crippen molar-refractivity contribution in [3.8, 4) is 5.75 Å². The molecule has 0 unspecified atom stereocenters. The third kappa shape index (κ3) is 4.42. The van der Waals surface area contributed by atoms with Crippen LogP contribution in [-0.2, 0) is 16.4 Å². The fraction of sp³-hybridized carbons (Fsp3) is 0.350. The molecule has 27 heavy (non-hydrogen) atoms. The molecule has 7 heteroatoms. The number of rotatable bonds is 6. The van der Waals surface area contributed by atoms with Crippen molar-refractivity contribution in [1.82, 2.24) is 5.32 Å². The number of carbonyl (C=O) groups is 1. The van der Waals surface area contributed by atoms with Gasteiger partial charge in [-0.3, -0.25) is 9.10 Å². The fourth-order valence-electron chi connectivity index (χ4n) is 3.39. The van der Waals surface area contributed by atoms with E-state index in [4.69, 9.17) is 4.74 Å². The van der Waals surface area contributed by atoms with Gasteiger partial charge in [-0.2, -0.15) is 0 Å². The quantitative estimate of drug-likeness (QED) is 0.772. The Kier molecular flexibility index (Phi) is 5.41. The van der Waals surface area contributed by atoms with E-state index >= 15 is 0 Å². The Labute approximate surface area is 160 Å². The van der Waals surface area contributed by atoms with Gasteiger partial charge in [-0.05, 0) is 61.7 Å². The standard InChI is InChI=1S/C20H24N2O4S/c1-14-5-4-6-18(11-14)26-10-9-21-20(23)16-7-8-19-17(13-16)12-15(2)22(19)27(3,24)25/h4-8,11,13,15H,9-10,12H2,1-3H3,(H,21,23)/t15-/m1/s1. The van der Waals surface area contributed by atoms with E-state index in [0.717, 1.165) is 16.9 Å². The summed E-state index contributed by atoms with van der Waals surface area (Å²) >= 11 is 0. The van der Waals surface area contributed by atoms with E-state index in [-0.39, 0.29) is 11.9 Å². The average Bonchev–Trinajstić information content (AvgIpc) is 2.93. The molecule has 144 valence electrons. The first-order chi connectivity index (χ1) is 12.8. The number of fused-ring (bicyclic) bond motifs is 1. The molecule has 1 atom stereocenters. The number of ether oxygens (including phenoxy) is 1. The molecule has 2 aromatic rings. The van der Waals surface area contributed by atoms with E-state index in [2.05, 4.69) is 5.32 Å². The zero-order valence-electron chi connectivity index (χ0n) is 15.7. The summed E-state index contributed by atoms with van der Waals surface area (Å²) in [6.07, 6.45) is 1.80. The number of hydrogen-bond acceptors (Lipinski definition) is 4. The van der Waals surface area contributed by atoms with Gasteiger partial charge in [0.1, 0.15) is 12.4 Å². The van der Waals surface area contributed by atoms with E-state index in [1.165, 1.54) is 10.6 Å². The maximum atomic E-state index is 12.4. The van der Waals surface area contributed by atoms with Crippen LogP contribution in [0, 0.1) is 6.92 Å². The maximum absolute atomic E-state index is 12.4. The molecule has 0 fully saturated rings. The number of nitrogens with zero attached hydrogens (tertiary/aromatic N) is 1. The number of anilines is 1. The molecule has 0 radical (unpaired) electrons. The largest absolute Gasteiger partial charge is 0.492 e. The normalized spacial score (nSPS) is 16.1. The van der Waals surface area contributed by atoms with Gasteiger partial charge in [-0.15, -0.1) is 0 Å². The summed E-state index contributed by atoms with van der Waals surface area (Å²) in [5.74, 6) is 0.577. The number of hydrogen-bond donors (Lipinski definition) is 1. The third-order valence-corrected chi connectivity index (χ3v) is 5.77. The summed E-state index contributed by atoms with van der Waals surface area (Å²) in [6, 6.07) is 12.7. The van der Waals surface area contributed by atoms with Crippen molar-refractivity contribution in [2.24, 2.45) is 0 Å². The highest BCUT2D eigenvalue weighted by Crippen LogP contribution is 2.34. The minimum Gasteiger partial charge on any atom is -0.492 e. The third-order valence-electron chi connectivity index (χ3n) is 4.50. The van der Waals surface area contributed by atoms with Crippen LogP contribution < -0.4 is 14.4 Å². The van der Waals surface area contributed by atoms with Crippen LogP contribution in [0.5, 0.6) is 5.75 Å². The zero-order chi connectivity index (χ0) is 19.6. The molecule has 1 aliphatic heterocycles. The average molecular weight is 388 g/mol. The molecule has 0 saturated heterocycles. The molecule has 1 heterocycles. The molecule has 0 aliphatic carbocycles. The molecule has 6 nitrogen and oxygen atoms in total. The van der Waals surface area contributed by atoms with Crippen molar-refractivity contribution in [3.63, 3.8) is 0 Å². The second-order valence-corrected chi connectivity index (χ2v) is 8.74. The van der Waals surface area contributed by atoms with Crippen LogP contribution in [0.25, 0.3) is 0 Å². The van der Waals surface area contributed by atoms with Crippen LogP contribution in [-0.4, -0.2) is 39.8 Å². The van der Waals surface area contributed by atoms with Crippen LogP contribution in [0.15, 0.2) is 42.5 Å². The predicted molar refractivity (Wildman–Crippen MR) is 106 cm³/mol. The first kappa shape index (κ1) is 19.2. The van der Waals surface area contributed by atoms with Gasteiger partial charge >= 0.3 is 0 Å². The number of benzene rings is 2. The minimum atomic E-state index is -3.33. The molecule has 0 aromatic heterocycles. The topological polar surface area (TPSA) is 75.7 Å². The van der Waals surface area contributed by atoms with Crippen LogP contribution in [0.3, 0.4) is 0 Å². The number of aryl methyl sites for hydroxylation is 1. The Morgan fingerprint density at radius 3 is 2.74 bits per heavy atom. The van der Waals surface area contributed by atoms with Gasteiger partial charge in [0.15, 0.2) is 0 Å². The van der Waals surface area contributed by atoms with E-state index in [9.17, 15) is 13.2 Å². The molecule has 1 aliphatic rings. The monoisotopic (exact) mass is 388 g/mol. The summed E-state index contributed by atoms with van der Waals surface area (Å²) in [5, 5.41) is 2.83. The molecule has 0 bridgehead atoms. The lowest BCUT2D eigenvalue weighted by Gasteiger charge is -2.21. The summed E-state index contributed by atoms with van der Waals surface area (Å²) in [6.45, 7) is 4.62. The van der Waals surface area contributed by atoms with Crippen LogP contribution in [0.4, 0.5) is 5.69 Å². The lowest BCUT2D eigenvalue weighted by molar-refractivity contribution is 0.0947. The van der Waals surface area contributed by atoms with Gasteiger partial charge in [-0.25, -0.2) is 8.42 Å². The Hall–Kier alpha value is -2.54. The summed E-state index contributed by atoms with van der Waals surface area (Å²) in [4.78, 5) is 12.4. The van der Waals surface area contributed by atoms with E-state index in [0.29, 0.717) is 30.8 Å². The lowest BCUT2D eigenvalue weighted by atomic mass is 10.1. The molecular formula is C20H24N2O4S. The van der Waals surface area contributed by atoms with Gasteiger partial charge in [0, 0.05) is 11.6 Å². The maximum Gasteiger partial charge on any atom is 0.251 e. The van der Waals surface area contributed by atoms with Gasteiger partial charge < -0.3 is 10.1 Å². The van der Waals surface area contributed by atoms with E-state index in [1.807, 2.05) is 38.1 Å². The van der Waals surface area contributed by atoms with Crippen LogP contribution >= 0.6 is 0 Å². The summed E-state index contributed by atoms with van der Waals surface area (Å²) < 4.78 is 31.0. The van der Waals surface area contributed by atoms with Crippen molar-refractivity contribution in [2.45, 2.75) is 26.3 Å². The van der Waals surface area contributed by atoms with Gasteiger partial charge in [0.25, 0.3) is 5.91 Å². The summed E-state index contributed by atoms with van der Waals surface area (Å²) in [7, 11) is -3.33. The van der Waals surface area contributed by atoms with E-state index in [1.54, 1.807) is 18.2 Å². The Bertz CT molecular complexity index is 956. The molecule has 1 N–H and O–H groups in total. The summed E-state index contributed by atoms with van der Waals surface area (Å²) in [5.41, 5.74) is 3.17. The predicted octanol–water partition coefficient (Wildman–Crippen LogP) is 2.51. The SMILES string of the molecule is Cc1cccc(OCCNC(=O)c2ccc3c(c2)C[C@@H](C)N3S(C)(=O)=O)c1. The zero-order valence-corrected chi connectivity index (χ0v) is 16.5. The Morgan fingerprint density at radius 2 is 2.04 bits per heavy atom. The first-order valence-corrected chi connectivity index (χ1v) is 10.7. The smallest absolute Gasteiger partial charge is 0.251 e. The number of carbonyl (C=O) groups excluding carboxylic acids is 1. The van der Waals surface area contributed by atoms with Crippen molar-refractivity contribution in [3.05, 3.63) is 59.2 Å². The molecular weight excluding hydrogens is 364 g/mol. The molecule has 2 aromatic carbocycles. The Morgan fingerprint density at radius 1 is 1.26 bits per heavy atom. The highest BCUT2D eigenvalue weighted by Gasteiger charge is 2.32. The minimum absolute atomic E-state index is 0.143. The molecule has 3 rings (SSSR count). The van der Waals surface area contributed by atoms with Gasteiger partial charge in [-0.1, -0.05) is 12.1 Å². The molecule has 0 saturated carbocycles. The van der Waals surface area contributed by atoms with Gasteiger partial charge in [0.2, 0.25) is 10.0 Å². The van der Waals surface area contributed by atoms with Crippen molar-refractivity contribution >= 4 is 21.6 Å². The van der Waals surface area contributed by atoms with Gasteiger partial charge in [0.05, 0.1) is 18.5 Å². The highest BCUT2D eigenvalue weighted by atomic mass is 32.2. The Balaban J connectivity index is 1.59. The van der Waals surface area contributed by atoms with Crippen molar-refractivity contribution < 1.29 is 17.9 Å². The number of amides is 1. The van der Waals surface area contributed by atoms with Crippen LogP contribution in [0.2, 0.25) is 0 Å². The molecule has 1 amide bonds.